The third kappa shape index (κ3) is 6.39. The van der Waals surface area contributed by atoms with Gasteiger partial charge in [-0.3, -0.25) is 0 Å². The predicted octanol–water partition coefficient (Wildman–Crippen LogP) is 2.97. The summed E-state index contributed by atoms with van der Waals surface area (Å²) in [4.78, 5) is 0. The van der Waals surface area contributed by atoms with Gasteiger partial charge in [0.25, 0.3) is 0 Å². The topological polar surface area (TPSA) is 21.3 Å². The summed E-state index contributed by atoms with van der Waals surface area (Å²) in [6, 6.07) is 0. The van der Waals surface area contributed by atoms with Crippen LogP contribution >= 0.6 is 0 Å². The summed E-state index contributed by atoms with van der Waals surface area (Å²) >= 11 is 0. The molecule has 0 radical (unpaired) electrons. The minimum absolute atomic E-state index is 0.0165. The molecule has 1 N–H and O–H groups in total. The normalized spacial score (nSPS) is 13.3. The fourth-order valence-electron chi connectivity index (χ4n) is 1.42. The summed E-state index contributed by atoms with van der Waals surface area (Å²) in [5.74, 6) is 0. The third-order valence-corrected chi connectivity index (χ3v) is 2.38. The first kappa shape index (κ1) is 13.9. The predicted molar refractivity (Wildman–Crippen MR) is 62.7 cm³/mol. The van der Waals surface area contributed by atoms with E-state index >= 15 is 0 Å². The Kier molecular flexibility index (Phi) is 5.68. The van der Waals surface area contributed by atoms with Crippen molar-refractivity contribution in [3.63, 3.8) is 0 Å². The maximum Gasteiger partial charge on any atom is 0.0757 e. The van der Waals surface area contributed by atoms with Crippen molar-refractivity contribution in [3.05, 3.63) is 0 Å². The van der Waals surface area contributed by atoms with E-state index in [0.29, 0.717) is 0 Å². The highest BCUT2D eigenvalue weighted by molar-refractivity contribution is 4.78. The summed E-state index contributed by atoms with van der Waals surface area (Å²) in [7, 11) is 0. The number of hydrogen-bond donors (Lipinski definition) is 1. The molecule has 0 fully saturated rings. The average molecular weight is 201 g/mol. The monoisotopic (exact) mass is 201 g/mol. The molecule has 14 heavy (non-hydrogen) atoms. The molecule has 0 saturated carbocycles. The Morgan fingerprint density at radius 1 is 1.00 bits per heavy atom. The first-order valence-corrected chi connectivity index (χ1v) is 5.74. The zero-order valence-electron chi connectivity index (χ0n) is 10.7. The molecular formula is C12H27NO. The van der Waals surface area contributed by atoms with Gasteiger partial charge in [0.05, 0.1) is 11.2 Å². The standard InChI is InChI=1S/C12H27NO/c1-7-9-13-10-12(5,6)14-11(3,4)8-2/h13H,7-10H2,1-6H3. The molecule has 86 valence electrons. The Balaban J connectivity index is 3.93. The minimum Gasteiger partial charge on any atom is -0.368 e. The second kappa shape index (κ2) is 5.72. The van der Waals surface area contributed by atoms with Crippen molar-refractivity contribution in [2.75, 3.05) is 13.1 Å². The molecule has 0 amide bonds. The summed E-state index contributed by atoms with van der Waals surface area (Å²) < 4.78 is 6.06. The van der Waals surface area contributed by atoms with Crippen molar-refractivity contribution >= 4 is 0 Å². The van der Waals surface area contributed by atoms with Gasteiger partial charge in [0.2, 0.25) is 0 Å². The smallest absolute Gasteiger partial charge is 0.0757 e. The van der Waals surface area contributed by atoms with Crippen LogP contribution in [0, 0.1) is 0 Å². The van der Waals surface area contributed by atoms with Crippen LogP contribution in [0.5, 0.6) is 0 Å². The van der Waals surface area contributed by atoms with Gasteiger partial charge < -0.3 is 10.1 Å². The van der Waals surface area contributed by atoms with E-state index in [4.69, 9.17) is 4.74 Å². The summed E-state index contributed by atoms with van der Waals surface area (Å²) in [6.45, 7) is 14.9. The summed E-state index contributed by atoms with van der Waals surface area (Å²) in [6.07, 6.45) is 2.22. The number of nitrogens with one attached hydrogen (secondary N) is 1. The lowest BCUT2D eigenvalue weighted by atomic mass is 10.0. The molecule has 0 spiro atoms. The lowest BCUT2D eigenvalue weighted by molar-refractivity contribution is -0.121. The van der Waals surface area contributed by atoms with E-state index in [1.807, 2.05) is 0 Å². The van der Waals surface area contributed by atoms with Gasteiger partial charge in [-0.2, -0.15) is 0 Å². The molecule has 0 rings (SSSR count). The van der Waals surface area contributed by atoms with Crippen molar-refractivity contribution in [1.29, 1.82) is 0 Å². The number of rotatable bonds is 7. The van der Waals surface area contributed by atoms with Crippen LogP contribution in [0.25, 0.3) is 0 Å². The molecule has 0 aromatic carbocycles. The molecule has 0 heterocycles. The Morgan fingerprint density at radius 3 is 2.00 bits per heavy atom. The lowest BCUT2D eigenvalue weighted by Crippen LogP contribution is -2.44. The summed E-state index contributed by atoms with van der Waals surface area (Å²) in [5.41, 5.74) is -0.0912. The molecule has 0 aliphatic rings. The van der Waals surface area contributed by atoms with Crippen LogP contribution < -0.4 is 5.32 Å². The molecule has 0 bridgehead atoms. The Morgan fingerprint density at radius 2 is 1.57 bits per heavy atom. The van der Waals surface area contributed by atoms with E-state index in [9.17, 15) is 0 Å². The highest BCUT2D eigenvalue weighted by atomic mass is 16.5. The van der Waals surface area contributed by atoms with E-state index in [1.165, 1.54) is 6.42 Å². The van der Waals surface area contributed by atoms with Gasteiger partial charge in [-0.25, -0.2) is 0 Å². The van der Waals surface area contributed by atoms with E-state index in [1.54, 1.807) is 0 Å². The van der Waals surface area contributed by atoms with Gasteiger partial charge in [-0.1, -0.05) is 13.8 Å². The van der Waals surface area contributed by atoms with Crippen LogP contribution in [0.4, 0.5) is 0 Å². The van der Waals surface area contributed by atoms with Gasteiger partial charge in [0, 0.05) is 6.54 Å². The maximum atomic E-state index is 6.06. The van der Waals surface area contributed by atoms with E-state index in [-0.39, 0.29) is 11.2 Å². The zero-order valence-corrected chi connectivity index (χ0v) is 10.7. The first-order valence-electron chi connectivity index (χ1n) is 5.74. The van der Waals surface area contributed by atoms with Crippen LogP contribution in [0.1, 0.15) is 54.4 Å². The summed E-state index contributed by atoms with van der Waals surface area (Å²) in [5, 5.41) is 3.40. The third-order valence-electron chi connectivity index (χ3n) is 2.38. The Hall–Kier alpha value is -0.0800. The zero-order chi connectivity index (χ0) is 11.2. The largest absolute Gasteiger partial charge is 0.368 e. The fraction of sp³-hybridized carbons (Fsp3) is 1.00. The highest BCUT2D eigenvalue weighted by Gasteiger charge is 2.27. The quantitative estimate of drug-likeness (QED) is 0.639. The molecule has 0 aromatic rings. The fourth-order valence-corrected chi connectivity index (χ4v) is 1.42. The molecule has 0 saturated heterocycles. The minimum atomic E-state index is -0.0747. The average Bonchev–Trinajstić information content (AvgIpc) is 2.03. The SMILES string of the molecule is CCCNCC(C)(C)OC(C)(C)CC. The second-order valence-electron chi connectivity index (χ2n) is 5.15. The van der Waals surface area contributed by atoms with Crippen molar-refractivity contribution in [2.24, 2.45) is 0 Å². The molecule has 0 aliphatic heterocycles. The lowest BCUT2D eigenvalue weighted by Gasteiger charge is -2.35. The maximum absolute atomic E-state index is 6.06. The van der Waals surface area contributed by atoms with Crippen LogP contribution in [-0.4, -0.2) is 24.3 Å². The van der Waals surface area contributed by atoms with Crippen molar-refractivity contribution in [1.82, 2.24) is 5.32 Å². The van der Waals surface area contributed by atoms with E-state index in [0.717, 1.165) is 19.5 Å². The molecule has 0 atom stereocenters. The van der Waals surface area contributed by atoms with E-state index in [2.05, 4.69) is 46.9 Å². The first-order chi connectivity index (χ1) is 6.33. The molecule has 0 aliphatic carbocycles. The van der Waals surface area contributed by atoms with Gasteiger partial charge >= 0.3 is 0 Å². The molecule has 2 nitrogen and oxygen atoms in total. The van der Waals surface area contributed by atoms with Crippen LogP contribution in [0.2, 0.25) is 0 Å². The van der Waals surface area contributed by atoms with Crippen LogP contribution in [0.15, 0.2) is 0 Å². The number of hydrogen-bond acceptors (Lipinski definition) is 2. The molecular weight excluding hydrogens is 174 g/mol. The van der Waals surface area contributed by atoms with Gasteiger partial charge in [-0.15, -0.1) is 0 Å². The van der Waals surface area contributed by atoms with Gasteiger partial charge in [-0.05, 0) is 47.1 Å². The molecule has 2 heteroatoms. The van der Waals surface area contributed by atoms with Crippen molar-refractivity contribution in [2.45, 2.75) is 65.6 Å². The Labute approximate surface area is 89.4 Å². The van der Waals surface area contributed by atoms with Crippen LogP contribution in [0.3, 0.4) is 0 Å². The Bertz CT molecular complexity index is 152. The van der Waals surface area contributed by atoms with Gasteiger partial charge in [0.1, 0.15) is 0 Å². The van der Waals surface area contributed by atoms with E-state index < -0.39 is 0 Å². The van der Waals surface area contributed by atoms with Crippen LogP contribution in [-0.2, 0) is 4.74 Å². The molecule has 0 aromatic heterocycles. The second-order valence-corrected chi connectivity index (χ2v) is 5.15. The van der Waals surface area contributed by atoms with Crippen molar-refractivity contribution < 1.29 is 4.74 Å². The van der Waals surface area contributed by atoms with Crippen molar-refractivity contribution in [3.8, 4) is 0 Å². The molecule has 0 unspecified atom stereocenters. The van der Waals surface area contributed by atoms with Gasteiger partial charge in [0.15, 0.2) is 0 Å². The highest BCUT2D eigenvalue weighted by Crippen LogP contribution is 2.22. The number of ether oxygens (including phenoxy) is 1.